The van der Waals surface area contributed by atoms with Crippen molar-refractivity contribution in [3.05, 3.63) is 28.5 Å². The van der Waals surface area contributed by atoms with E-state index in [-0.39, 0.29) is 0 Å². The molecule has 0 unspecified atom stereocenters. The van der Waals surface area contributed by atoms with Crippen molar-refractivity contribution in [1.82, 2.24) is 25.0 Å². The number of thiophene rings is 1. The molecule has 1 atom stereocenters. The van der Waals surface area contributed by atoms with Gasteiger partial charge in [-0.3, -0.25) is 4.90 Å². The maximum Gasteiger partial charge on any atom is 0.240 e. The summed E-state index contributed by atoms with van der Waals surface area (Å²) in [4.78, 5) is 21.3. The van der Waals surface area contributed by atoms with E-state index in [1.165, 1.54) is 28.7 Å². The number of hydrogen-bond donors (Lipinski definition) is 0. The van der Waals surface area contributed by atoms with Crippen LogP contribution in [0.2, 0.25) is 0 Å². The Bertz CT molecular complexity index is 1000. The number of rotatable bonds is 4. The lowest BCUT2D eigenvalue weighted by Gasteiger charge is -2.35. The van der Waals surface area contributed by atoms with Gasteiger partial charge in [-0.15, -0.1) is 11.3 Å². The molecule has 0 saturated carbocycles. The molecule has 29 heavy (non-hydrogen) atoms. The zero-order valence-corrected chi connectivity index (χ0v) is 18.2. The normalized spacial score (nSPS) is 20.6. The van der Waals surface area contributed by atoms with Gasteiger partial charge in [0.25, 0.3) is 0 Å². The molecule has 2 aliphatic rings. The second-order valence-electron chi connectivity index (χ2n) is 8.69. The summed E-state index contributed by atoms with van der Waals surface area (Å²) in [5.41, 5.74) is 1.51. The van der Waals surface area contributed by atoms with Gasteiger partial charge in [0.1, 0.15) is 17.0 Å². The van der Waals surface area contributed by atoms with Crippen molar-refractivity contribution in [3.63, 3.8) is 0 Å². The predicted octanol–water partition coefficient (Wildman–Crippen LogP) is 3.64. The van der Waals surface area contributed by atoms with E-state index in [4.69, 9.17) is 9.51 Å². The van der Waals surface area contributed by atoms with Crippen LogP contribution in [0.1, 0.15) is 55.3 Å². The van der Waals surface area contributed by atoms with Crippen LogP contribution in [-0.4, -0.2) is 51.2 Å². The third kappa shape index (κ3) is 3.64. The van der Waals surface area contributed by atoms with Crippen molar-refractivity contribution in [2.75, 3.05) is 31.1 Å². The van der Waals surface area contributed by atoms with Gasteiger partial charge in [0.2, 0.25) is 5.89 Å². The molecule has 1 aliphatic heterocycles. The van der Waals surface area contributed by atoms with Crippen LogP contribution in [0.15, 0.2) is 10.9 Å². The van der Waals surface area contributed by atoms with Crippen molar-refractivity contribution in [3.8, 4) is 0 Å². The van der Waals surface area contributed by atoms with Gasteiger partial charge < -0.3 is 9.42 Å². The molecule has 1 fully saturated rings. The van der Waals surface area contributed by atoms with Crippen LogP contribution in [0.4, 0.5) is 5.82 Å². The fourth-order valence-corrected chi connectivity index (χ4v) is 5.72. The number of nitrogens with zero attached hydrogens (tertiary/aromatic N) is 6. The van der Waals surface area contributed by atoms with Crippen LogP contribution in [0.5, 0.6) is 0 Å². The minimum absolute atomic E-state index is 0.295. The quantitative estimate of drug-likeness (QED) is 0.648. The second-order valence-corrected chi connectivity index (χ2v) is 9.78. The molecule has 0 radical (unpaired) electrons. The Morgan fingerprint density at radius 2 is 2.03 bits per heavy atom. The third-order valence-electron chi connectivity index (χ3n) is 6.10. The Hall–Kier alpha value is -2.06. The summed E-state index contributed by atoms with van der Waals surface area (Å²) in [5.74, 6) is 3.70. The molecule has 5 rings (SSSR count). The highest BCUT2D eigenvalue weighted by atomic mass is 32.1. The van der Waals surface area contributed by atoms with Crippen LogP contribution in [0.25, 0.3) is 10.2 Å². The molecule has 0 N–H and O–H groups in total. The van der Waals surface area contributed by atoms with Gasteiger partial charge in [0, 0.05) is 37.0 Å². The fourth-order valence-electron chi connectivity index (χ4n) is 4.37. The molecule has 8 heteroatoms. The predicted molar refractivity (Wildman–Crippen MR) is 114 cm³/mol. The fraction of sp³-hybridized carbons (Fsp3) is 0.619. The highest BCUT2D eigenvalue weighted by Crippen LogP contribution is 2.40. The Labute approximate surface area is 175 Å². The molecular weight excluding hydrogens is 384 g/mol. The monoisotopic (exact) mass is 412 g/mol. The first kappa shape index (κ1) is 18.9. The Balaban J connectivity index is 1.31. The van der Waals surface area contributed by atoms with Crippen molar-refractivity contribution in [1.29, 1.82) is 0 Å². The van der Waals surface area contributed by atoms with Crippen molar-refractivity contribution in [2.24, 2.45) is 5.92 Å². The Kier molecular flexibility index (Phi) is 4.99. The Morgan fingerprint density at radius 1 is 1.21 bits per heavy atom. The first-order chi connectivity index (χ1) is 14.1. The molecule has 1 saturated heterocycles. The molecule has 0 spiro atoms. The van der Waals surface area contributed by atoms with E-state index in [1.54, 1.807) is 6.33 Å². The van der Waals surface area contributed by atoms with E-state index in [9.17, 15) is 0 Å². The van der Waals surface area contributed by atoms with Crippen LogP contribution < -0.4 is 4.90 Å². The zero-order valence-electron chi connectivity index (χ0n) is 17.4. The standard InChI is InChI=1S/C21H28N6OS/c1-13(2)19-24-17(28-25-19)11-26-6-8-27(9-7-26)20-18-15-5-4-14(3)10-16(15)29-21(18)23-12-22-20/h12-14H,4-11H2,1-3H3/t14-/m1/s1. The van der Waals surface area contributed by atoms with Crippen molar-refractivity contribution >= 4 is 27.4 Å². The maximum atomic E-state index is 5.42. The summed E-state index contributed by atoms with van der Waals surface area (Å²) in [7, 11) is 0. The molecule has 1 aliphatic carbocycles. The Morgan fingerprint density at radius 3 is 2.79 bits per heavy atom. The SMILES string of the molecule is CC(C)c1noc(CN2CCN(c3ncnc4sc5c(c34)CC[C@@H](C)C5)CC2)n1. The van der Waals surface area contributed by atoms with Crippen LogP contribution in [0, 0.1) is 5.92 Å². The van der Waals surface area contributed by atoms with Crippen LogP contribution >= 0.6 is 11.3 Å². The average molecular weight is 413 g/mol. The molecule has 3 aromatic heterocycles. The molecule has 4 heterocycles. The van der Waals surface area contributed by atoms with E-state index >= 15 is 0 Å². The highest BCUT2D eigenvalue weighted by molar-refractivity contribution is 7.19. The molecule has 3 aromatic rings. The summed E-state index contributed by atoms with van der Waals surface area (Å²) in [5, 5.41) is 5.39. The average Bonchev–Trinajstić information content (AvgIpc) is 3.32. The van der Waals surface area contributed by atoms with E-state index in [0.29, 0.717) is 11.8 Å². The van der Waals surface area contributed by atoms with Crippen molar-refractivity contribution < 1.29 is 4.52 Å². The molecule has 0 bridgehead atoms. The lowest BCUT2D eigenvalue weighted by Crippen LogP contribution is -2.46. The number of aromatic nitrogens is 4. The number of hydrogen-bond acceptors (Lipinski definition) is 8. The summed E-state index contributed by atoms with van der Waals surface area (Å²) < 4.78 is 5.42. The highest BCUT2D eigenvalue weighted by Gasteiger charge is 2.27. The maximum absolute atomic E-state index is 5.42. The van der Waals surface area contributed by atoms with Gasteiger partial charge in [-0.25, -0.2) is 9.97 Å². The van der Waals surface area contributed by atoms with Crippen LogP contribution in [0.3, 0.4) is 0 Å². The molecular formula is C21H28N6OS. The number of piperazine rings is 1. The van der Waals surface area contributed by atoms with Gasteiger partial charge >= 0.3 is 0 Å². The number of anilines is 1. The lowest BCUT2D eigenvalue weighted by atomic mass is 9.89. The second kappa shape index (κ2) is 7.65. The van der Waals surface area contributed by atoms with E-state index in [2.05, 4.69) is 45.7 Å². The van der Waals surface area contributed by atoms with Gasteiger partial charge in [-0.05, 0) is 30.7 Å². The minimum Gasteiger partial charge on any atom is -0.353 e. The first-order valence-corrected chi connectivity index (χ1v) is 11.4. The van der Waals surface area contributed by atoms with Crippen LogP contribution in [-0.2, 0) is 19.4 Å². The number of fused-ring (bicyclic) bond motifs is 3. The largest absolute Gasteiger partial charge is 0.353 e. The molecule has 154 valence electrons. The summed E-state index contributed by atoms with van der Waals surface area (Å²) in [6.45, 7) is 11.1. The molecule has 0 aromatic carbocycles. The van der Waals surface area contributed by atoms with Gasteiger partial charge in [0.05, 0.1) is 11.9 Å². The van der Waals surface area contributed by atoms with E-state index in [1.807, 2.05) is 11.3 Å². The van der Waals surface area contributed by atoms with E-state index in [0.717, 1.165) is 61.5 Å². The van der Waals surface area contributed by atoms with Gasteiger partial charge in [-0.1, -0.05) is 25.9 Å². The summed E-state index contributed by atoms with van der Waals surface area (Å²) in [6.07, 6.45) is 5.35. The first-order valence-electron chi connectivity index (χ1n) is 10.6. The smallest absolute Gasteiger partial charge is 0.240 e. The minimum atomic E-state index is 0.295. The third-order valence-corrected chi connectivity index (χ3v) is 7.26. The van der Waals surface area contributed by atoms with E-state index < -0.39 is 0 Å². The van der Waals surface area contributed by atoms with Crippen molar-refractivity contribution in [2.45, 2.75) is 52.5 Å². The zero-order chi connectivity index (χ0) is 20.0. The lowest BCUT2D eigenvalue weighted by molar-refractivity contribution is 0.215. The van der Waals surface area contributed by atoms with Gasteiger partial charge in [-0.2, -0.15) is 4.98 Å². The summed E-state index contributed by atoms with van der Waals surface area (Å²) in [6, 6.07) is 0. The van der Waals surface area contributed by atoms with Gasteiger partial charge in [0.15, 0.2) is 5.82 Å². The topological polar surface area (TPSA) is 71.2 Å². The number of aryl methyl sites for hydroxylation is 1. The summed E-state index contributed by atoms with van der Waals surface area (Å²) >= 11 is 1.87. The molecule has 0 amide bonds. The molecule has 7 nitrogen and oxygen atoms in total.